The number of fused-ring (bicyclic) bond motifs is 5. The first-order valence-corrected chi connectivity index (χ1v) is 14.4. The van der Waals surface area contributed by atoms with Gasteiger partial charge < -0.3 is 9.30 Å². The van der Waals surface area contributed by atoms with E-state index >= 15 is 0 Å². The van der Waals surface area contributed by atoms with E-state index in [2.05, 4.69) is 156 Å². The highest BCUT2D eigenvalue weighted by atomic mass is 16.5. The van der Waals surface area contributed by atoms with Crippen molar-refractivity contribution in [1.82, 2.24) is 4.57 Å². The molecule has 196 valence electrons. The molecule has 0 bridgehead atoms. The number of para-hydroxylation sites is 2. The summed E-state index contributed by atoms with van der Waals surface area (Å²) in [4.78, 5) is 0. The average molecular weight is 536 g/mol. The number of hydrogen-bond acceptors (Lipinski definition) is 1. The van der Waals surface area contributed by atoms with Gasteiger partial charge in [0.25, 0.3) is 0 Å². The van der Waals surface area contributed by atoms with Gasteiger partial charge in [0.1, 0.15) is 11.5 Å². The predicted octanol–water partition coefficient (Wildman–Crippen LogP) is 11.0. The van der Waals surface area contributed by atoms with Gasteiger partial charge in [0.05, 0.1) is 11.0 Å². The SMILES string of the molecule is c1ccc(-c2ccc3c4c(cccc24)-c2cc(-c4cccc(-n5c6ccccc6c6ccccc65)c4)ccc2O3)cc1. The van der Waals surface area contributed by atoms with E-state index in [-0.39, 0.29) is 0 Å². The summed E-state index contributed by atoms with van der Waals surface area (Å²) in [5.41, 5.74) is 10.7. The molecule has 0 N–H and O–H groups in total. The third-order valence-electron chi connectivity index (χ3n) is 8.59. The molecule has 0 aliphatic carbocycles. The molecule has 0 fully saturated rings. The Morgan fingerprint density at radius 1 is 0.381 bits per heavy atom. The molecule has 2 nitrogen and oxygen atoms in total. The van der Waals surface area contributed by atoms with Crippen LogP contribution in [0.3, 0.4) is 0 Å². The predicted molar refractivity (Wildman–Crippen MR) is 175 cm³/mol. The van der Waals surface area contributed by atoms with Crippen molar-refractivity contribution >= 4 is 32.6 Å². The molecule has 0 atom stereocenters. The summed E-state index contributed by atoms with van der Waals surface area (Å²) in [5.74, 6) is 1.80. The van der Waals surface area contributed by atoms with Crippen LogP contribution < -0.4 is 4.74 Å². The van der Waals surface area contributed by atoms with Gasteiger partial charge in [0.15, 0.2) is 0 Å². The van der Waals surface area contributed by atoms with Crippen LogP contribution in [0.2, 0.25) is 0 Å². The van der Waals surface area contributed by atoms with Crippen LogP contribution in [0, 0.1) is 0 Å². The van der Waals surface area contributed by atoms with Crippen LogP contribution in [0.4, 0.5) is 0 Å². The Bertz CT molecular complexity index is 2270. The van der Waals surface area contributed by atoms with Gasteiger partial charge in [-0.1, -0.05) is 109 Å². The van der Waals surface area contributed by atoms with Crippen LogP contribution in [0.5, 0.6) is 11.5 Å². The van der Waals surface area contributed by atoms with Crippen molar-refractivity contribution in [2.24, 2.45) is 0 Å². The summed E-state index contributed by atoms with van der Waals surface area (Å²) in [5, 5.41) is 4.92. The summed E-state index contributed by atoms with van der Waals surface area (Å²) in [6.45, 7) is 0. The summed E-state index contributed by atoms with van der Waals surface area (Å²) in [7, 11) is 0. The number of rotatable bonds is 3. The average Bonchev–Trinajstić information content (AvgIpc) is 3.40. The molecule has 0 unspecified atom stereocenters. The quantitative estimate of drug-likeness (QED) is 0.219. The van der Waals surface area contributed by atoms with E-state index in [4.69, 9.17) is 4.74 Å². The second-order valence-electron chi connectivity index (χ2n) is 10.9. The number of aromatic nitrogens is 1. The minimum absolute atomic E-state index is 0.893. The van der Waals surface area contributed by atoms with Gasteiger partial charge in [0.2, 0.25) is 0 Å². The molecule has 42 heavy (non-hydrogen) atoms. The summed E-state index contributed by atoms with van der Waals surface area (Å²) in [6, 6.07) is 54.2. The lowest BCUT2D eigenvalue weighted by Gasteiger charge is -2.23. The monoisotopic (exact) mass is 535 g/mol. The Morgan fingerprint density at radius 3 is 1.83 bits per heavy atom. The van der Waals surface area contributed by atoms with Gasteiger partial charge in [-0.3, -0.25) is 0 Å². The molecule has 0 saturated heterocycles. The Hall–Kier alpha value is -5.60. The molecule has 0 amide bonds. The van der Waals surface area contributed by atoms with Crippen LogP contribution in [0.15, 0.2) is 152 Å². The van der Waals surface area contributed by atoms with Crippen molar-refractivity contribution in [3.63, 3.8) is 0 Å². The Morgan fingerprint density at radius 2 is 1.02 bits per heavy atom. The maximum atomic E-state index is 6.51. The molecule has 2 heteroatoms. The number of ether oxygens (including phenoxy) is 1. The molecule has 1 aromatic heterocycles. The number of hydrogen-bond donors (Lipinski definition) is 0. The second-order valence-corrected chi connectivity index (χ2v) is 10.9. The molecule has 2 heterocycles. The largest absolute Gasteiger partial charge is 0.456 e. The van der Waals surface area contributed by atoms with Gasteiger partial charge in [-0.2, -0.15) is 0 Å². The fourth-order valence-corrected chi connectivity index (χ4v) is 6.71. The normalized spacial score (nSPS) is 12.0. The first-order chi connectivity index (χ1) is 20.8. The van der Waals surface area contributed by atoms with Gasteiger partial charge in [-0.05, 0) is 75.7 Å². The lowest BCUT2D eigenvalue weighted by molar-refractivity contribution is 0.487. The van der Waals surface area contributed by atoms with Crippen LogP contribution in [0.25, 0.3) is 71.6 Å². The third-order valence-corrected chi connectivity index (χ3v) is 8.59. The molecule has 1 aliphatic heterocycles. The molecule has 0 spiro atoms. The van der Waals surface area contributed by atoms with Crippen molar-refractivity contribution in [3.8, 4) is 50.6 Å². The van der Waals surface area contributed by atoms with Gasteiger partial charge in [0, 0.05) is 27.4 Å². The second kappa shape index (κ2) is 8.95. The van der Waals surface area contributed by atoms with Crippen molar-refractivity contribution in [2.75, 3.05) is 0 Å². The molecular weight excluding hydrogens is 510 g/mol. The molecule has 0 saturated carbocycles. The highest BCUT2D eigenvalue weighted by Crippen LogP contribution is 2.49. The van der Waals surface area contributed by atoms with Crippen molar-refractivity contribution in [2.45, 2.75) is 0 Å². The standard InChI is InChI=1S/C40H25NO/c1-2-10-26(11-3-1)30-21-23-39-40-33(30)16-9-17-34(40)35-25-28(20-22-38(35)42-39)27-12-8-13-29(24-27)41-36-18-6-4-14-31(36)32-15-5-7-19-37(32)41/h1-25H. The molecule has 8 aromatic rings. The van der Waals surface area contributed by atoms with Crippen molar-refractivity contribution in [1.29, 1.82) is 0 Å². The molecular formula is C40H25NO. The lowest BCUT2D eigenvalue weighted by atomic mass is 9.89. The highest BCUT2D eigenvalue weighted by molar-refractivity contribution is 6.11. The number of benzene rings is 7. The Balaban J connectivity index is 1.21. The van der Waals surface area contributed by atoms with E-state index in [1.54, 1.807) is 0 Å². The zero-order valence-corrected chi connectivity index (χ0v) is 22.8. The Labute approximate surface area is 243 Å². The van der Waals surface area contributed by atoms with Crippen LogP contribution in [-0.4, -0.2) is 4.57 Å². The first kappa shape index (κ1) is 23.1. The minimum Gasteiger partial charge on any atom is -0.456 e. The van der Waals surface area contributed by atoms with E-state index in [1.165, 1.54) is 60.4 Å². The van der Waals surface area contributed by atoms with E-state index in [0.717, 1.165) is 22.7 Å². The van der Waals surface area contributed by atoms with Crippen LogP contribution in [0.1, 0.15) is 0 Å². The topological polar surface area (TPSA) is 14.2 Å². The lowest BCUT2D eigenvalue weighted by Crippen LogP contribution is -1.98. The summed E-state index contributed by atoms with van der Waals surface area (Å²) < 4.78 is 8.88. The molecule has 1 aliphatic rings. The zero-order valence-electron chi connectivity index (χ0n) is 22.8. The van der Waals surface area contributed by atoms with Crippen molar-refractivity contribution in [3.05, 3.63) is 152 Å². The third kappa shape index (κ3) is 3.39. The van der Waals surface area contributed by atoms with Gasteiger partial charge in [-0.25, -0.2) is 0 Å². The first-order valence-electron chi connectivity index (χ1n) is 14.4. The molecule has 9 rings (SSSR count). The van der Waals surface area contributed by atoms with E-state index in [9.17, 15) is 0 Å². The fraction of sp³-hybridized carbons (Fsp3) is 0. The highest BCUT2D eigenvalue weighted by Gasteiger charge is 2.22. The van der Waals surface area contributed by atoms with Gasteiger partial charge >= 0.3 is 0 Å². The maximum absolute atomic E-state index is 6.51. The fourth-order valence-electron chi connectivity index (χ4n) is 6.71. The van der Waals surface area contributed by atoms with Gasteiger partial charge in [-0.15, -0.1) is 0 Å². The van der Waals surface area contributed by atoms with Crippen LogP contribution >= 0.6 is 0 Å². The van der Waals surface area contributed by atoms with E-state index in [1.807, 2.05) is 0 Å². The number of nitrogens with zero attached hydrogens (tertiary/aromatic N) is 1. The minimum atomic E-state index is 0.893. The molecule has 0 radical (unpaired) electrons. The van der Waals surface area contributed by atoms with E-state index < -0.39 is 0 Å². The van der Waals surface area contributed by atoms with Crippen LogP contribution in [-0.2, 0) is 0 Å². The molecule has 7 aromatic carbocycles. The summed E-state index contributed by atoms with van der Waals surface area (Å²) >= 11 is 0. The maximum Gasteiger partial charge on any atom is 0.135 e. The summed E-state index contributed by atoms with van der Waals surface area (Å²) in [6.07, 6.45) is 0. The van der Waals surface area contributed by atoms with E-state index in [0.29, 0.717) is 0 Å². The van der Waals surface area contributed by atoms with Crippen molar-refractivity contribution < 1.29 is 4.74 Å². The Kier molecular flexibility index (Phi) is 4.93. The zero-order chi connectivity index (χ0) is 27.6. The smallest absolute Gasteiger partial charge is 0.135 e.